The van der Waals surface area contributed by atoms with Crippen LogP contribution in [0, 0.1) is 0 Å². The van der Waals surface area contributed by atoms with E-state index in [1.165, 1.54) is 16.7 Å². The molecule has 2 amide bonds. The SMILES string of the molecule is C[C@@]1(COC(N)=O)SC2C(=Cc3cc(CNC(c4ccccc4)(c4ccccc4)c4ccccc4)ccn3)C(=O)N2[C@H]1C(=O)OC(c1ccccc1)c1ccccc1. The molecule has 0 radical (unpaired) electrons. The molecular weight excluding hydrogens is 745 g/mol. The maximum absolute atomic E-state index is 14.3. The second kappa shape index (κ2) is 16.5. The lowest BCUT2D eigenvalue weighted by Gasteiger charge is -2.40. The molecule has 3 N–H and O–H groups in total. The first-order chi connectivity index (χ1) is 28.3. The number of nitrogens with two attached hydrogens (primary N) is 1. The Balaban J connectivity index is 1.08. The maximum atomic E-state index is 14.3. The highest BCUT2D eigenvalue weighted by Gasteiger charge is 2.64. The van der Waals surface area contributed by atoms with E-state index in [4.69, 9.17) is 15.2 Å². The molecule has 1 aromatic heterocycles. The van der Waals surface area contributed by atoms with Gasteiger partial charge in [0, 0.05) is 12.7 Å². The second-order valence-corrected chi connectivity index (χ2v) is 16.1. The number of hydrogen-bond donors (Lipinski definition) is 2. The zero-order valence-electron chi connectivity index (χ0n) is 31.8. The quantitative estimate of drug-likeness (QED) is 0.0523. The van der Waals surface area contributed by atoms with E-state index >= 15 is 0 Å². The van der Waals surface area contributed by atoms with Crippen molar-refractivity contribution in [3.63, 3.8) is 0 Å². The first-order valence-corrected chi connectivity index (χ1v) is 20.0. The van der Waals surface area contributed by atoms with Crippen LogP contribution < -0.4 is 11.1 Å². The number of primary amides is 1. The van der Waals surface area contributed by atoms with Gasteiger partial charge in [0.2, 0.25) is 0 Å². The summed E-state index contributed by atoms with van der Waals surface area (Å²) in [6, 6.07) is 52.9. The number of benzene rings is 5. The summed E-state index contributed by atoms with van der Waals surface area (Å²) in [7, 11) is 0. The van der Waals surface area contributed by atoms with Gasteiger partial charge in [-0.1, -0.05) is 152 Å². The van der Waals surface area contributed by atoms with E-state index in [2.05, 4.69) is 83.1 Å². The normalized spacial score (nSPS) is 19.4. The number of aromatic nitrogens is 1. The minimum atomic E-state index is -1.06. The monoisotopic (exact) mass is 786 g/mol. The highest BCUT2D eigenvalue weighted by Crippen LogP contribution is 2.54. The number of esters is 1. The Hall–Kier alpha value is -6.49. The summed E-state index contributed by atoms with van der Waals surface area (Å²) in [4.78, 5) is 46.4. The van der Waals surface area contributed by atoms with Gasteiger partial charge in [-0.2, -0.15) is 0 Å². The molecule has 6 aromatic rings. The number of nitrogens with zero attached hydrogens (tertiary/aromatic N) is 2. The Kier molecular flexibility index (Phi) is 10.9. The molecule has 1 unspecified atom stereocenters. The van der Waals surface area contributed by atoms with Crippen LogP contribution in [0.25, 0.3) is 6.08 Å². The molecule has 290 valence electrons. The molecule has 0 saturated carbocycles. The smallest absolute Gasteiger partial charge is 0.404 e. The molecule has 5 aromatic carbocycles. The minimum absolute atomic E-state index is 0.201. The highest BCUT2D eigenvalue weighted by atomic mass is 32.2. The number of hydrogen-bond acceptors (Lipinski definition) is 8. The van der Waals surface area contributed by atoms with Crippen molar-refractivity contribution < 1.29 is 23.9 Å². The topological polar surface area (TPSA) is 124 Å². The van der Waals surface area contributed by atoms with E-state index in [0.717, 1.165) is 33.4 Å². The third-order valence-electron chi connectivity index (χ3n) is 10.7. The molecule has 0 aliphatic carbocycles. The molecule has 3 heterocycles. The molecule has 2 fully saturated rings. The molecule has 9 nitrogen and oxygen atoms in total. The van der Waals surface area contributed by atoms with Gasteiger partial charge in [-0.25, -0.2) is 9.59 Å². The number of fused-ring (bicyclic) bond motifs is 1. The van der Waals surface area contributed by atoms with Crippen LogP contribution in [0.2, 0.25) is 0 Å². The van der Waals surface area contributed by atoms with Gasteiger partial charge in [-0.15, -0.1) is 11.8 Å². The number of β-lactam (4-membered cyclic amide) rings is 1. The fourth-order valence-corrected chi connectivity index (χ4v) is 9.57. The van der Waals surface area contributed by atoms with Crippen molar-refractivity contribution >= 4 is 35.8 Å². The van der Waals surface area contributed by atoms with Crippen molar-refractivity contribution in [1.29, 1.82) is 0 Å². The number of pyridine rings is 1. The number of carbonyl (C=O) groups excluding carboxylic acids is 3. The number of amides is 2. The Labute approximate surface area is 341 Å². The minimum Gasteiger partial charge on any atom is -0.451 e. The van der Waals surface area contributed by atoms with E-state index in [-0.39, 0.29) is 12.5 Å². The summed E-state index contributed by atoms with van der Waals surface area (Å²) in [5.41, 5.74) is 11.6. The third-order valence-corrected chi connectivity index (χ3v) is 12.3. The van der Waals surface area contributed by atoms with Gasteiger partial charge in [0.15, 0.2) is 6.10 Å². The number of rotatable bonds is 13. The average molecular weight is 787 g/mol. The molecule has 3 atom stereocenters. The molecule has 2 aliphatic rings. The fourth-order valence-electron chi connectivity index (χ4n) is 7.97. The molecule has 2 saturated heterocycles. The van der Waals surface area contributed by atoms with Gasteiger partial charge in [0.25, 0.3) is 5.91 Å². The van der Waals surface area contributed by atoms with Crippen LogP contribution in [0.15, 0.2) is 176 Å². The van der Waals surface area contributed by atoms with Crippen LogP contribution in [-0.2, 0) is 31.1 Å². The molecule has 58 heavy (non-hydrogen) atoms. The van der Waals surface area contributed by atoms with Crippen molar-refractivity contribution in [2.75, 3.05) is 6.61 Å². The van der Waals surface area contributed by atoms with Gasteiger partial charge in [-0.3, -0.25) is 15.1 Å². The Morgan fingerprint density at radius 1 is 0.810 bits per heavy atom. The zero-order valence-corrected chi connectivity index (χ0v) is 32.6. The van der Waals surface area contributed by atoms with Gasteiger partial charge in [-0.05, 0) is 58.5 Å². The number of nitrogens with one attached hydrogen (secondary N) is 1. The maximum Gasteiger partial charge on any atom is 0.404 e. The van der Waals surface area contributed by atoms with Gasteiger partial charge < -0.3 is 20.1 Å². The lowest BCUT2D eigenvalue weighted by atomic mass is 9.77. The highest BCUT2D eigenvalue weighted by molar-refractivity contribution is 8.02. The standard InChI is InChI=1S/C48H42N4O5S/c1-47(32-56-46(49)55)42(45(54)57-41(34-17-7-2-8-18-34)35-19-9-3-10-20-35)52-43(53)40(44(52)58-47)30-39-29-33(27-28-50-39)31-51-48(36-21-11-4-12-22-36,37-23-13-5-14-24-37)38-25-15-6-16-26-38/h2-30,41-42,44,51H,31-32H2,1H3,(H2,49,55)/t42-,44?,47-/m0/s1. The molecule has 8 rings (SSSR count). The van der Waals surface area contributed by atoms with E-state index in [0.29, 0.717) is 17.8 Å². The number of carbonyl (C=O) groups is 3. The predicted octanol–water partition coefficient (Wildman–Crippen LogP) is 8.02. The number of thioether (sulfide) groups is 1. The van der Waals surface area contributed by atoms with Crippen LogP contribution >= 0.6 is 11.8 Å². The Bertz CT molecular complexity index is 2280. The number of ether oxygens (including phenoxy) is 2. The molecular formula is C48H42N4O5S. The van der Waals surface area contributed by atoms with Crippen molar-refractivity contribution in [2.45, 2.75) is 41.3 Å². The van der Waals surface area contributed by atoms with Crippen LogP contribution in [0.5, 0.6) is 0 Å². The third kappa shape index (κ3) is 7.52. The summed E-state index contributed by atoms with van der Waals surface area (Å²) in [5, 5.41) is 3.40. The molecule has 2 aliphatic heterocycles. The van der Waals surface area contributed by atoms with Gasteiger partial charge >= 0.3 is 12.1 Å². The largest absolute Gasteiger partial charge is 0.451 e. The lowest BCUT2D eigenvalue weighted by molar-refractivity contribution is -0.161. The van der Waals surface area contributed by atoms with E-state index < -0.39 is 39.9 Å². The second-order valence-electron chi connectivity index (χ2n) is 14.5. The van der Waals surface area contributed by atoms with Crippen LogP contribution in [0.3, 0.4) is 0 Å². The molecule has 0 bridgehead atoms. The van der Waals surface area contributed by atoms with Crippen molar-refractivity contribution in [3.8, 4) is 0 Å². The van der Waals surface area contributed by atoms with Crippen LogP contribution in [0.1, 0.15) is 52.1 Å². The summed E-state index contributed by atoms with van der Waals surface area (Å²) in [6.07, 6.45) is 1.82. The van der Waals surface area contributed by atoms with Gasteiger partial charge in [0.1, 0.15) is 18.0 Å². The summed E-state index contributed by atoms with van der Waals surface area (Å²) in [5.74, 6) is -0.930. The average Bonchev–Trinajstić information content (AvgIpc) is 3.55. The van der Waals surface area contributed by atoms with Crippen molar-refractivity contribution in [1.82, 2.24) is 15.2 Å². The van der Waals surface area contributed by atoms with Crippen LogP contribution in [-0.4, -0.2) is 50.6 Å². The first-order valence-electron chi connectivity index (χ1n) is 19.1. The molecule has 0 spiro atoms. The Morgan fingerprint density at radius 3 is 1.81 bits per heavy atom. The van der Waals surface area contributed by atoms with Crippen LogP contribution in [0.4, 0.5) is 4.79 Å². The summed E-state index contributed by atoms with van der Waals surface area (Å²) in [6.45, 7) is 2.07. The van der Waals surface area contributed by atoms with Gasteiger partial charge in [0.05, 0.1) is 21.6 Å². The summed E-state index contributed by atoms with van der Waals surface area (Å²) < 4.78 is 10.5. The van der Waals surface area contributed by atoms with Crippen molar-refractivity contribution in [2.24, 2.45) is 5.73 Å². The van der Waals surface area contributed by atoms with E-state index in [1.807, 2.05) is 91.0 Å². The fraction of sp³-hybridized carbons (Fsp3) is 0.167. The summed E-state index contributed by atoms with van der Waals surface area (Å²) >= 11 is 1.36. The lowest BCUT2D eigenvalue weighted by Crippen LogP contribution is -2.60. The van der Waals surface area contributed by atoms with E-state index in [1.54, 1.807) is 19.2 Å². The van der Waals surface area contributed by atoms with E-state index in [9.17, 15) is 14.4 Å². The predicted molar refractivity (Wildman–Crippen MR) is 225 cm³/mol. The first kappa shape index (κ1) is 38.4. The zero-order chi connectivity index (χ0) is 40.1. The molecule has 10 heteroatoms. The van der Waals surface area contributed by atoms with Crippen molar-refractivity contribution in [3.05, 3.63) is 215 Å². The Morgan fingerprint density at radius 2 is 1.31 bits per heavy atom.